The molecule has 0 bridgehead atoms. The first-order chi connectivity index (χ1) is 11.7. The number of aryl methyl sites for hydroxylation is 1. The van der Waals surface area contributed by atoms with Crippen LogP contribution in [-0.2, 0) is 19.3 Å². The Bertz CT molecular complexity index is 794. The first-order valence-corrected chi connectivity index (χ1v) is 9.39. The molecule has 0 fully saturated rings. The monoisotopic (exact) mass is 336 g/mol. The van der Waals surface area contributed by atoms with Crippen LogP contribution >= 0.6 is 11.8 Å². The lowest BCUT2D eigenvalue weighted by atomic mass is 9.87. The third kappa shape index (κ3) is 3.37. The molecule has 1 aliphatic carbocycles. The molecule has 2 aromatic rings. The van der Waals surface area contributed by atoms with Crippen LogP contribution in [0.15, 0.2) is 35.4 Å². The van der Waals surface area contributed by atoms with Gasteiger partial charge in [-0.05, 0) is 43.2 Å². The van der Waals surface area contributed by atoms with E-state index < -0.39 is 0 Å². The summed E-state index contributed by atoms with van der Waals surface area (Å²) in [7, 11) is 0. The van der Waals surface area contributed by atoms with Crippen molar-refractivity contribution in [2.24, 2.45) is 0 Å². The Balaban J connectivity index is 1.88. The Hall–Kier alpha value is -2.12. The number of Topliss-reactive ketones (excluding diaryl/α,β-unsaturated/α-hetero) is 1. The van der Waals surface area contributed by atoms with Crippen LogP contribution in [0.3, 0.4) is 0 Å². The molecule has 0 saturated heterocycles. The summed E-state index contributed by atoms with van der Waals surface area (Å²) in [5.74, 6) is 0.384. The number of hydrogen-bond acceptors (Lipinski definition) is 4. The van der Waals surface area contributed by atoms with Gasteiger partial charge >= 0.3 is 0 Å². The number of hydrogen-bond donors (Lipinski definition) is 0. The molecule has 0 N–H and O–H groups in total. The molecule has 0 amide bonds. The molecule has 0 unspecified atom stereocenters. The average molecular weight is 336 g/mol. The van der Waals surface area contributed by atoms with E-state index in [1.807, 2.05) is 30.3 Å². The summed E-state index contributed by atoms with van der Waals surface area (Å²) < 4.78 is 0. The Labute approximate surface area is 147 Å². The molecule has 0 aliphatic heterocycles. The standard InChI is InChI=1S/C20H20N2OS/c1-2-18-16-11-7-6-10-15(16)17(12-21)20(22-18)24-13-19(23)14-8-4-3-5-9-14/h3-5,8-9H,2,6-7,10-11,13H2,1H3. The van der Waals surface area contributed by atoms with Crippen molar-refractivity contribution in [3.8, 4) is 6.07 Å². The summed E-state index contributed by atoms with van der Waals surface area (Å²) in [5.41, 5.74) is 4.94. The van der Waals surface area contributed by atoms with E-state index in [0.717, 1.165) is 36.4 Å². The maximum absolute atomic E-state index is 12.3. The third-order valence-electron chi connectivity index (χ3n) is 4.45. The van der Waals surface area contributed by atoms with Crippen molar-refractivity contribution in [1.82, 2.24) is 4.98 Å². The lowest BCUT2D eigenvalue weighted by Crippen LogP contribution is -2.13. The molecule has 0 atom stereocenters. The van der Waals surface area contributed by atoms with Gasteiger partial charge in [0.25, 0.3) is 0 Å². The van der Waals surface area contributed by atoms with Crippen molar-refractivity contribution in [2.45, 2.75) is 44.1 Å². The smallest absolute Gasteiger partial charge is 0.173 e. The number of nitriles is 1. The van der Waals surface area contributed by atoms with Crippen LogP contribution in [0.4, 0.5) is 0 Å². The number of carbonyl (C=O) groups excluding carboxylic acids is 1. The lowest BCUT2D eigenvalue weighted by Gasteiger charge is -2.21. The van der Waals surface area contributed by atoms with E-state index >= 15 is 0 Å². The zero-order chi connectivity index (χ0) is 16.9. The van der Waals surface area contributed by atoms with E-state index in [2.05, 4.69) is 13.0 Å². The van der Waals surface area contributed by atoms with Gasteiger partial charge in [-0.3, -0.25) is 4.79 Å². The summed E-state index contributed by atoms with van der Waals surface area (Å²) in [4.78, 5) is 17.1. The summed E-state index contributed by atoms with van der Waals surface area (Å²) in [5, 5.41) is 10.4. The van der Waals surface area contributed by atoms with Gasteiger partial charge in [-0.25, -0.2) is 4.98 Å². The molecule has 1 aromatic carbocycles. The van der Waals surface area contributed by atoms with Crippen LogP contribution in [0.5, 0.6) is 0 Å². The number of fused-ring (bicyclic) bond motifs is 1. The van der Waals surface area contributed by atoms with E-state index in [1.54, 1.807) is 0 Å². The molecule has 0 saturated carbocycles. The first kappa shape index (κ1) is 16.7. The van der Waals surface area contributed by atoms with Gasteiger partial charge in [0.05, 0.1) is 11.3 Å². The number of thioether (sulfide) groups is 1. The van der Waals surface area contributed by atoms with E-state index in [4.69, 9.17) is 4.98 Å². The van der Waals surface area contributed by atoms with Gasteiger partial charge in [-0.2, -0.15) is 5.26 Å². The van der Waals surface area contributed by atoms with Crippen LogP contribution in [0, 0.1) is 11.3 Å². The second-order valence-electron chi connectivity index (χ2n) is 5.95. The summed E-state index contributed by atoms with van der Waals surface area (Å²) in [6.07, 6.45) is 5.14. The van der Waals surface area contributed by atoms with Gasteiger partial charge in [0.1, 0.15) is 11.1 Å². The number of carbonyl (C=O) groups is 1. The Morgan fingerprint density at radius 2 is 1.92 bits per heavy atom. The van der Waals surface area contributed by atoms with E-state index in [-0.39, 0.29) is 5.78 Å². The molecule has 1 aromatic heterocycles. The van der Waals surface area contributed by atoms with Gasteiger partial charge in [0.2, 0.25) is 0 Å². The number of pyridine rings is 1. The summed E-state index contributed by atoms with van der Waals surface area (Å²) in [6.45, 7) is 2.10. The second-order valence-corrected chi connectivity index (χ2v) is 6.91. The molecular weight excluding hydrogens is 316 g/mol. The minimum Gasteiger partial charge on any atom is -0.293 e. The topological polar surface area (TPSA) is 53.8 Å². The van der Waals surface area contributed by atoms with Crippen molar-refractivity contribution in [3.05, 3.63) is 58.3 Å². The van der Waals surface area contributed by atoms with Crippen molar-refractivity contribution < 1.29 is 4.79 Å². The molecule has 24 heavy (non-hydrogen) atoms. The van der Waals surface area contributed by atoms with Crippen LogP contribution in [0.1, 0.15) is 52.5 Å². The predicted octanol–water partition coefficient (Wildman–Crippen LogP) is 4.37. The highest BCUT2D eigenvalue weighted by Crippen LogP contribution is 2.32. The lowest BCUT2D eigenvalue weighted by molar-refractivity contribution is 0.102. The third-order valence-corrected chi connectivity index (χ3v) is 5.43. The molecular formula is C20H20N2OS. The predicted molar refractivity (Wildman–Crippen MR) is 96.5 cm³/mol. The quantitative estimate of drug-likeness (QED) is 0.601. The van der Waals surface area contributed by atoms with Crippen LogP contribution < -0.4 is 0 Å². The highest BCUT2D eigenvalue weighted by molar-refractivity contribution is 8.00. The van der Waals surface area contributed by atoms with Crippen molar-refractivity contribution in [1.29, 1.82) is 5.26 Å². The average Bonchev–Trinajstić information content (AvgIpc) is 2.65. The fourth-order valence-corrected chi connectivity index (χ4v) is 4.15. The van der Waals surface area contributed by atoms with E-state index in [1.165, 1.54) is 29.3 Å². The minimum atomic E-state index is 0.0714. The highest BCUT2D eigenvalue weighted by Gasteiger charge is 2.22. The Morgan fingerprint density at radius 1 is 1.21 bits per heavy atom. The van der Waals surface area contributed by atoms with Gasteiger partial charge in [-0.15, -0.1) is 0 Å². The number of ketones is 1. The molecule has 122 valence electrons. The van der Waals surface area contributed by atoms with Gasteiger partial charge in [-0.1, -0.05) is 49.0 Å². The van der Waals surface area contributed by atoms with Crippen molar-refractivity contribution in [3.63, 3.8) is 0 Å². The number of rotatable bonds is 5. The van der Waals surface area contributed by atoms with E-state index in [9.17, 15) is 10.1 Å². The fourth-order valence-electron chi connectivity index (χ4n) is 3.23. The van der Waals surface area contributed by atoms with Gasteiger partial charge in [0.15, 0.2) is 5.78 Å². The van der Waals surface area contributed by atoms with Crippen molar-refractivity contribution in [2.75, 3.05) is 5.75 Å². The number of nitrogens with zero attached hydrogens (tertiary/aromatic N) is 2. The largest absolute Gasteiger partial charge is 0.293 e. The molecule has 4 heteroatoms. The summed E-state index contributed by atoms with van der Waals surface area (Å²) in [6, 6.07) is 11.6. The van der Waals surface area contributed by atoms with E-state index in [0.29, 0.717) is 16.9 Å². The number of aromatic nitrogens is 1. The Kier molecular flexibility index (Phi) is 5.32. The zero-order valence-corrected chi connectivity index (χ0v) is 14.7. The zero-order valence-electron chi connectivity index (χ0n) is 13.8. The second kappa shape index (κ2) is 7.63. The summed E-state index contributed by atoms with van der Waals surface area (Å²) >= 11 is 1.39. The van der Waals surface area contributed by atoms with Crippen LogP contribution in [0.2, 0.25) is 0 Å². The maximum Gasteiger partial charge on any atom is 0.173 e. The van der Waals surface area contributed by atoms with Crippen LogP contribution in [-0.4, -0.2) is 16.5 Å². The highest BCUT2D eigenvalue weighted by atomic mass is 32.2. The van der Waals surface area contributed by atoms with Gasteiger partial charge < -0.3 is 0 Å². The maximum atomic E-state index is 12.3. The molecule has 1 heterocycles. The molecule has 0 radical (unpaired) electrons. The molecule has 0 spiro atoms. The Morgan fingerprint density at radius 3 is 2.58 bits per heavy atom. The van der Waals surface area contributed by atoms with Crippen LogP contribution in [0.25, 0.3) is 0 Å². The normalized spacial score (nSPS) is 13.2. The molecule has 3 nitrogen and oxygen atoms in total. The molecule has 1 aliphatic rings. The van der Waals surface area contributed by atoms with Gasteiger partial charge in [0, 0.05) is 11.3 Å². The SMILES string of the molecule is CCc1nc(SCC(=O)c2ccccc2)c(C#N)c2c1CCCC2. The fraction of sp³-hybridized carbons (Fsp3) is 0.350. The molecule has 3 rings (SSSR count). The number of benzene rings is 1. The minimum absolute atomic E-state index is 0.0714. The van der Waals surface area contributed by atoms with Crippen molar-refractivity contribution >= 4 is 17.5 Å². The first-order valence-electron chi connectivity index (χ1n) is 8.40.